The van der Waals surface area contributed by atoms with Crippen LogP contribution >= 0.6 is 22.6 Å². The van der Waals surface area contributed by atoms with Gasteiger partial charge in [0.1, 0.15) is 11.6 Å². The van der Waals surface area contributed by atoms with Gasteiger partial charge in [-0.3, -0.25) is 4.79 Å². The van der Waals surface area contributed by atoms with Crippen molar-refractivity contribution in [1.29, 1.82) is 0 Å². The van der Waals surface area contributed by atoms with Crippen molar-refractivity contribution in [2.75, 3.05) is 7.11 Å². The summed E-state index contributed by atoms with van der Waals surface area (Å²) < 4.78 is 12.7. The van der Waals surface area contributed by atoms with Crippen LogP contribution in [0.3, 0.4) is 0 Å². The molecule has 1 aliphatic carbocycles. The Hall–Kier alpha value is -2.75. The van der Waals surface area contributed by atoms with Gasteiger partial charge in [-0.1, -0.05) is 31.4 Å². The Balaban J connectivity index is 1.67. The maximum absolute atomic E-state index is 13.3. The number of rotatable bonds is 6. The topological polar surface area (TPSA) is 82.8 Å². The van der Waals surface area contributed by atoms with Crippen molar-refractivity contribution < 1.29 is 14.3 Å². The van der Waals surface area contributed by atoms with Gasteiger partial charge in [-0.05, 0) is 78.3 Å². The lowest BCUT2D eigenvalue weighted by atomic mass is 9.88. The van der Waals surface area contributed by atoms with Crippen molar-refractivity contribution in [3.63, 3.8) is 0 Å². The Bertz CT molecular complexity index is 1250. The zero-order valence-corrected chi connectivity index (χ0v) is 20.8. The predicted octanol–water partition coefficient (Wildman–Crippen LogP) is 4.87. The van der Waals surface area contributed by atoms with E-state index < -0.39 is 12.1 Å². The van der Waals surface area contributed by atoms with Gasteiger partial charge in [-0.2, -0.15) is 9.78 Å². The smallest absolute Gasteiger partial charge is 0.346 e. The van der Waals surface area contributed by atoms with E-state index in [1.807, 2.05) is 30.3 Å². The number of aromatic nitrogens is 2. The molecule has 3 aromatic rings. The number of hydrogen-bond donors (Lipinski definition) is 0. The minimum Gasteiger partial charge on any atom is -0.478 e. The van der Waals surface area contributed by atoms with Crippen LogP contribution in [0.1, 0.15) is 56.3 Å². The molecule has 33 heavy (non-hydrogen) atoms. The highest BCUT2D eigenvalue weighted by Crippen LogP contribution is 2.31. The fraction of sp³-hybridized carbons (Fsp3) is 0.360. The highest BCUT2D eigenvalue weighted by Gasteiger charge is 2.22. The van der Waals surface area contributed by atoms with E-state index in [9.17, 15) is 9.59 Å². The van der Waals surface area contributed by atoms with Crippen LogP contribution in [0, 0.1) is 3.57 Å². The second-order valence-corrected chi connectivity index (χ2v) is 9.32. The highest BCUT2D eigenvalue weighted by atomic mass is 127. The average molecular weight is 559 g/mol. The molecule has 0 unspecified atom stereocenters. The minimum atomic E-state index is -0.705. The molecule has 7 nitrogen and oxygen atoms in total. The van der Waals surface area contributed by atoms with E-state index in [0.717, 1.165) is 40.6 Å². The van der Waals surface area contributed by atoms with E-state index in [-0.39, 0.29) is 11.5 Å². The number of methoxy groups -OCH3 is 1. The molecule has 1 saturated carbocycles. The third kappa shape index (κ3) is 5.26. The van der Waals surface area contributed by atoms with Crippen LogP contribution in [0.2, 0.25) is 0 Å². The summed E-state index contributed by atoms with van der Waals surface area (Å²) in [5.74, 6) is 1.10. The number of hydrogen-bond acceptors (Lipinski definition) is 6. The molecule has 1 atom stereocenters. The van der Waals surface area contributed by atoms with Gasteiger partial charge in [0.25, 0.3) is 5.56 Å². The number of esters is 1. The van der Waals surface area contributed by atoms with Crippen molar-refractivity contribution in [1.82, 2.24) is 9.66 Å². The van der Waals surface area contributed by atoms with E-state index in [1.165, 1.54) is 18.2 Å². The number of para-hydroxylation sites is 1. The predicted molar refractivity (Wildman–Crippen MR) is 136 cm³/mol. The maximum atomic E-state index is 13.3. The lowest BCUT2D eigenvalue weighted by Crippen LogP contribution is -2.25. The molecule has 1 fully saturated rings. The normalized spacial score (nSPS) is 15.6. The molecule has 0 aliphatic heterocycles. The van der Waals surface area contributed by atoms with E-state index in [4.69, 9.17) is 14.5 Å². The summed E-state index contributed by atoms with van der Waals surface area (Å²) >= 11 is 2.15. The van der Waals surface area contributed by atoms with Crippen LogP contribution in [-0.4, -0.2) is 35.1 Å². The first-order valence-electron chi connectivity index (χ1n) is 11.1. The first kappa shape index (κ1) is 23.4. The van der Waals surface area contributed by atoms with Crippen molar-refractivity contribution in [2.24, 2.45) is 5.10 Å². The number of fused-ring (bicyclic) bond motifs is 1. The largest absolute Gasteiger partial charge is 0.478 e. The van der Waals surface area contributed by atoms with Gasteiger partial charge in [-0.25, -0.2) is 9.78 Å². The van der Waals surface area contributed by atoms with E-state index in [2.05, 4.69) is 27.7 Å². The molecule has 8 heteroatoms. The average Bonchev–Trinajstić information content (AvgIpc) is 2.84. The third-order valence-corrected chi connectivity index (χ3v) is 6.71. The van der Waals surface area contributed by atoms with Crippen LogP contribution in [0.5, 0.6) is 5.75 Å². The summed E-state index contributed by atoms with van der Waals surface area (Å²) in [6.45, 7) is 1.64. The Labute approximate surface area is 206 Å². The molecule has 0 bridgehead atoms. The Morgan fingerprint density at radius 3 is 2.70 bits per heavy atom. The van der Waals surface area contributed by atoms with Gasteiger partial charge in [-0.15, -0.1) is 0 Å². The van der Waals surface area contributed by atoms with E-state index >= 15 is 0 Å². The number of carbonyl (C=O) groups excluding carboxylic acids is 1. The van der Waals surface area contributed by atoms with E-state index in [1.54, 1.807) is 25.3 Å². The van der Waals surface area contributed by atoms with Crippen LogP contribution in [0.15, 0.2) is 52.4 Å². The van der Waals surface area contributed by atoms with Gasteiger partial charge in [0.05, 0.1) is 27.8 Å². The molecule has 0 radical (unpaired) electrons. The minimum absolute atomic E-state index is 0.154. The molecule has 1 heterocycles. The number of ether oxygens (including phenoxy) is 2. The summed E-state index contributed by atoms with van der Waals surface area (Å²) in [4.78, 5) is 29.8. The summed E-state index contributed by atoms with van der Waals surface area (Å²) in [5.41, 5.74) is 1.37. The number of nitrogens with zero attached hydrogens (tertiary/aromatic N) is 3. The number of benzene rings is 2. The van der Waals surface area contributed by atoms with Crippen LogP contribution < -0.4 is 10.3 Å². The van der Waals surface area contributed by atoms with Gasteiger partial charge < -0.3 is 9.47 Å². The number of carbonyl (C=O) groups is 1. The third-order valence-electron chi connectivity index (χ3n) is 5.86. The lowest BCUT2D eigenvalue weighted by molar-refractivity contribution is -0.147. The molecule has 2 aromatic carbocycles. The molecule has 1 aliphatic rings. The molecule has 0 amide bonds. The van der Waals surface area contributed by atoms with Gasteiger partial charge in [0, 0.05) is 5.92 Å². The van der Waals surface area contributed by atoms with Gasteiger partial charge in [0.2, 0.25) is 0 Å². The van der Waals surface area contributed by atoms with Crippen LogP contribution in [0.25, 0.3) is 10.9 Å². The number of halogens is 1. The molecular formula is C25H26IN3O4. The van der Waals surface area contributed by atoms with Crippen LogP contribution in [-0.2, 0) is 9.53 Å². The van der Waals surface area contributed by atoms with E-state index in [0.29, 0.717) is 16.7 Å². The van der Waals surface area contributed by atoms with Gasteiger partial charge >= 0.3 is 5.97 Å². The monoisotopic (exact) mass is 559 g/mol. The Morgan fingerprint density at radius 2 is 1.97 bits per heavy atom. The first-order chi connectivity index (χ1) is 16.0. The second kappa shape index (κ2) is 10.5. The zero-order chi connectivity index (χ0) is 23.4. The molecule has 1 aromatic heterocycles. The quantitative estimate of drug-likeness (QED) is 0.245. The van der Waals surface area contributed by atoms with Crippen molar-refractivity contribution >= 4 is 45.7 Å². The Kier molecular flexibility index (Phi) is 7.42. The molecule has 0 N–H and O–H groups in total. The zero-order valence-electron chi connectivity index (χ0n) is 18.7. The summed E-state index contributed by atoms with van der Waals surface area (Å²) in [6.07, 6.45) is 6.49. The first-order valence-corrected chi connectivity index (χ1v) is 12.2. The summed E-state index contributed by atoms with van der Waals surface area (Å²) in [5, 5.41) is 5.13. The summed E-state index contributed by atoms with van der Waals surface area (Å²) in [6, 6.07) is 12.9. The molecule has 172 valence electrons. The van der Waals surface area contributed by atoms with Crippen molar-refractivity contribution in [3.05, 3.63) is 67.8 Å². The SMILES string of the molecule is COC(=O)[C@H](C)Oc1ccc(C=Nn2c(C3CCCCC3)nc3ccccc3c2=O)cc1I. The van der Waals surface area contributed by atoms with Crippen molar-refractivity contribution in [2.45, 2.75) is 51.0 Å². The fourth-order valence-corrected chi connectivity index (χ4v) is 4.77. The summed E-state index contributed by atoms with van der Waals surface area (Å²) in [7, 11) is 1.33. The molecule has 4 rings (SSSR count). The van der Waals surface area contributed by atoms with Crippen molar-refractivity contribution in [3.8, 4) is 5.75 Å². The fourth-order valence-electron chi connectivity index (χ4n) is 4.10. The maximum Gasteiger partial charge on any atom is 0.346 e. The standard InChI is InChI=1S/C25H26IN3O4/c1-16(25(31)32-2)33-22-13-12-17(14-20(22)26)15-27-29-23(18-8-4-3-5-9-18)28-21-11-7-6-10-19(21)24(29)30/h6-7,10-16,18H,3-5,8-9H2,1-2H3/t16-/m0/s1. The molecule has 0 spiro atoms. The molecule has 0 saturated heterocycles. The van der Waals surface area contributed by atoms with Gasteiger partial charge in [0.15, 0.2) is 6.10 Å². The Morgan fingerprint density at radius 1 is 1.21 bits per heavy atom. The second-order valence-electron chi connectivity index (χ2n) is 8.16. The lowest BCUT2D eigenvalue weighted by Gasteiger charge is -2.22. The van der Waals surface area contributed by atoms with Crippen LogP contribution in [0.4, 0.5) is 0 Å². The molecular weight excluding hydrogens is 533 g/mol. The highest BCUT2D eigenvalue weighted by molar-refractivity contribution is 14.1.